The lowest BCUT2D eigenvalue weighted by molar-refractivity contribution is -0.110. The maximum atomic E-state index is 13.3. The molecule has 0 aliphatic carbocycles. The van der Waals surface area contributed by atoms with Gasteiger partial charge in [0, 0.05) is 29.2 Å². The Kier molecular flexibility index (Phi) is 7.86. The fourth-order valence-electron chi connectivity index (χ4n) is 4.29. The number of ether oxygens (including phenoxy) is 1. The Morgan fingerprint density at radius 1 is 0.850 bits per heavy atom. The third kappa shape index (κ3) is 6.17. The number of carbonyl (C=O) groups is 1. The van der Waals surface area contributed by atoms with Crippen LogP contribution >= 0.6 is 0 Å². The molecule has 1 amide bonds. The molecule has 40 heavy (non-hydrogen) atoms. The van der Waals surface area contributed by atoms with E-state index in [0.717, 1.165) is 23.5 Å². The molecule has 4 aromatic carbocycles. The molecule has 1 aliphatic rings. The summed E-state index contributed by atoms with van der Waals surface area (Å²) in [7, 11) is 0.0891. The molecule has 0 atom stereocenters. The number of para-hydroxylation sites is 1. The van der Waals surface area contributed by atoms with E-state index in [0.29, 0.717) is 34.8 Å². The van der Waals surface area contributed by atoms with Crippen LogP contribution in [0.1, 0.15) is 11.1 Å². The first-order chi connectivity index (χ1) is 19.3. The number of nitrogens with one attached hydrogen (secondary N) is 3. The second-order valence-electron chi connectivity index (χ2n) is 9.55. The van der Waals surface area contributed by atoms with E-state index >= 15 is 0 Å². The Morgan fingerprint density at radius 3 is 2.20 bits per heavy atom. The molecule has 0 spiro atoms. The van der Waals surface area contributed by atoms with Crippen LogP contribution in [0.15, 0.2) is 108 Å². The molecule has 0 bridgehead atoms. The summed E-state index contributed by atoms with van der Waals surface area (Å²) in [6, 6.07) is 30.3. The predicted octanol–water partition coefficient (Wildman–Crippen LogP) is 5.36. The molecule has 0 unspecified atom stereocenters. The second kappa shape index (κ2) is 11.6. The molecular weight excluding hydrogens is 524 g/mol. The Labute approximate surface area is 234 Å². The van der Waals surface area contributed by atoms with Crippen LogP contribution in [-0.2, 0) is 14.8 Å². The van der Waals surface area contributed by atoms with Crippen molar-refractivity contribution in [1.82, 2.24) is 4.90 Å². The lowest BCUT2D eigenvalue weighted by atomic mass is 10.00. The molecule has 0 saturated heterocycles. The van der Waals surface area contributed by atoms with E-state index in [-0.39, 0.29) is 10.8 Å². The van der Waals surface area contributed by atoms with E-state index in [2.05, 4.69) is 15.4 Å². The van der Waals surface area contributed by atoms with Gasteiger partial charge in [0.15, 0.2) is 0 Å². The van der Waals surface area contributed by atoms with Gasteiger partial charge in [-0.15, -0.1) is 0 Å². The lowest BCUT2D eigenvalue weighted by Crippen LogP contribution is -2.19. The fraction of sp³-hybridized carbons (Fsp3) is 0.129. The first-order valence-electron chi connectivity index (χ1n) is 12.8. The second-order valence-corrected chi connectivity index (χ2v) is 11.2. The monoisotopic (exact) mass is 554 g/mol. The van der Waals surface area contributed by atoms with E-state index in [1.54, 1.807) is 30.3 Å². The van der Waals surface area contributed by atoms with Gasteiger partial charge in [-0.1, -0.05) is 48.5 Å². The van der Waals surface area contributed by atoms with Gasteiger partial charge in [0.2, 0.25) is 0 Å². The van der Waals surface area contributed by atoms with Crippen molar-refractivity contribution in [2.24, 2.45) is 0 Å². The molecule has 9 heteroatoms. The first-order valence-corrected chi connectivity index (χ1v) is 14.3. The maximum absolute atomic E-state index is 13.3. The molecule has 4 aromatic rings. The zero-order valence-electron chi connectivity index (χ0n) is 22.2. The largest absolute Gasteiger partial charge is 0.492 e. The summed E-state index contributed by atoms with van der Waals surface area (Å²) >= 11 is 0. The molecule has 0 saturated carbocycles. The van der Waals surface area contributed by atoms with Crippen LogP contribution in [0, 0.1) is 0 Å². The molecule has 0 aromatic heterocycles. The standard InChI is InChI=1S/C31H30N4O4S/c1-35(2)19-20-39-25-15-13-23(14-16-25)32-30(22-9-5-3-6-10-22)29-27-21-26(17-18-28(27)33-31(29)36)40(37,38)34-24-11-7-4-8-12-24/h3-18,21,32,34H,19-20H2,1-2H3,(H,33,36)/b30-29-. The molecular formula is C31H30N4O4S. The molecule has 0 radical (unpaired) electrons. The zero-order chi connectivity index (χ0) is 28.1. The SMILES string of the molecule is CN(C)CCOc1ccc(N/C(=C2\C(=O)Nc3ccc(S(=O)(=O)Nc4ccccc4)cc32)c2ccccc2)cc1. The van der Waals surface area contributed by atoms with Crippen LogP contribution < -0.4 is 20.1 Å². The van der Waals surface area contributed by atoms with Crippen LogP contribution in [0.4, 0.5) is 17.1 Å². The summed E-state index contributed by atoms with van der Waals surface area (Å²) in [6.07, 6.45) is 0. The van der Waals surface area contributed by atoms with E-state index in [1.165, 1.54) is 12.1 Å². The van der Waals surface area contributed by atoms with Crippen LogP contribution in [0.2, 0.25) is 0 Å². The van der Waals surface area contributed by atoms with Crippen molar-refractivity contribution >= 4 is 44.3 Å². The number of hydrogen-bond acceptors (Lipinski definition) is 6. The summed E-state index contributed by atoms with van der Waals surface area (Å²) in [4.78, 5) is 15.4. The topological polar surface area (TPSA) is 99.8 Å². The van der Waals surface area contributed by atoms with Crippen molar-refractivity contribution in [3.63, 3.8) is 0 Å². The summed E-state index contributed by atoms with van der Waals surface area (Å²) in [5.74, 6) is 0.418. The highest BCUT2D eigenvalue weighted by atomic mass is 32.2. The fourth-order valence-corrected chi connectivity index (χ4v) is 5.38. The summed E-state index contributed by atoms with van der Waals surface area (Å²) in [5, 5.41) is 6.28. The summed E-state index contributed by atoms with van der Waals surface area (Å²) in [6.45, 7) is 1.37. The van der Waals surface area contributed by atoms with Gasteiger partial charge in [-0.2, -0.15) is 0 Å². The number of anilines is 3. The molecule has 5 rings (SSSR count). The van der Waals surface area contributed by atoms with Crippen LogP contribution in [0.5, 0.6) is 5.75 Å². The average Bonchev–Trinajstić information content (AvgIpc) is 3.28. The Bertz CT molecular complexity index is 1640. The third-order valence-corrected chi connectivity index (χ3v) is 7.69. The molecule has 0 fully saturated rings. The van der Waals surface area contributed by atoms with Crippen LogP contribution in [0.3, 0.4) is 0 Å². The highest BCUT2D eigenvalue weighted by Gasteiger charge is 2.30. The number of fused-ring (bicyclic) bond motifs is 1. The van der Waals surface area contributed by atoms with Crippen LogP contribution in [0.25, 0.3) is 11.3 Å². The predicted molar refractivity (Wildman–Crippen MR) is 160 cm³/mol. The highest BCUT2D eigenvalue weighted by molar-refractivity contribution is 7.92. The van der Waals surface area contributed by atoms with Gasteiger partial charge in [-0.3, -0.25) is 9.52 Å². The van der Waals surface area contributed by atoms with Crippen molar-refractivity contribution in [2.75, 3.05) is 42.6 Å². The Morgan fingerprint density at radius 2 is 1.52 bits per heavy atom. The highest BCUT2D eigenvalue weighted by Crippen LogP contribution is 2.39. The van der Waals surface area contributed by atoms with Gasteiger partial charge >= 0.3 is 0 Å². The Hall–Kier alpha value is -4.60. The normalized spacial score (nSPS) is 13.9. The minimum absolute atomic E-state index is 0.0516. The maximum Gasteiger partial charge on any atom is 0.261 e. The molecule has 1 aliphatic heterocycles. The summed E-state index contributed by atoms with van der Waals surface area (Å²) in [5.41, 5.74) is 3.93. The molecule has 8 nitrogen and oxygen atoms in total. The van der Waals surface area contributed by atoms with Crippen molar-refractivity contribution < 1.29 is 17.9 Å². The van der Waals surface area contributed by atoms with Gasteiger partial charge in [0.05, 0.1) is 16.2 Å². The number of hydrogen-bond donors (Lipinski definition) is 3. The molecule has 1 heterocycles. The van der Waals surface area contributed by atoms with Gasteiger partial charge in [-0.05, 0) is 74.3 Å². The number of rotatable bonds is 10. The van der Waals surface area contributed by atoms with Gasteiger partial charge in [-0.25, -0.2) is 8.42 Å². The third-order valence-electron chi connectivity index (χ3n) is 6.32. The minimum Gasteiger partial charge on any atom is -0.492 e. The van der Waals surface area contributed by atoms with Crippen molar-refractivity contribution in [1.29, 1.82) is 0 Å². The van der Waals surface area contributed by atoms with Crippen molar-refractivity contribution in [3.05, 3.63) is 114 Å². The van der Waals surface area contributed by atoms with Gasteiger partial charge < -0.3 is 20.3 Å². The van der Waals surface area contributed by atoms with E-state index in [1.807, 2.05) is 79.7 Å². The number of nitrogens with zero attached hydrogens (tertiary/aromatic N) is 1. The molecule has 3 N–H and O–H groups in total. The number of likely N-dealkylation sites (N-methyl/N-ethyl adjacent to an activating group) is 1. The van der Waals surface area contributed by atoms with Crippen LogP contribution in [-0.4, -0.2) is 46.5 Å². The molecule has 204 valence electrons. The van der Waals surface area contributed by atoms with Crippen molar-refractivity contribution in [2.45, 2.75) is 4.90 Å². The first kappa shape index (κ1) is 27.0. The smallest absolute Gasteiger partial charge is 0.261 e. The van der Waals surface area contributed by atoms with E-state index < -0.39 is 10.0 Å². The number of carbonyl (C=O) groups excluding carboxylic acids is 1. The Balaban J connectivity index is 1.51. The number of benzene rings is 4. The zero-order valence-corrected chi connectivity index (χ0v) is 23.0. The minimum atomic E-state index is -3.89. The summed E-state index contributed by atoms with van der Waals surface area (Å²) < 4.78 is 34.8. The lowest BCUT2D eigenvalue weighted by Gasteiger charge is -2.16. The number of amides is 1. The van der Waals surface area contributed by atoms with E-state index in [9.17, 15) is 13.2 Å². The van der Waals surface area contributed by atoms with Crippen molar-refractivity contribution in [3.8, 4) is 5.75 Å². The number of sulfonamides is 1. The average molecular weight is 555 g/mol. The van der Waals surface area contributed by atoms with Gasteiger partial charge in [0.25, 0.3) is 15.9 Å². The quantitative estimate of drug-likeness (QED) is 0.228. The van der Waals surface area contributed by atoms with E-state index in [4.69, 9.17) is 4.74 Å². The van der Waals surface area contributed by atoms with Gasteiger partial charge in [0.1, 0.15) is 12.4 Å².